The predicted octanol–water partition coefficient (Wildman–Crippen LogP) is 3.12. The van der Waals surface area contributed by atoms with E-state index in [0.29, 0.717) is 67.6 Å². The van der Waals surface area contributed by atoms with Gasteiger partial charge in [0, 0.05) is 24.7 Å². The molecule has 0 aliphatic rings. The second-order valence-corrected chi connectivity index (χ2v) is 6.69. The largest absolute Gasteiger partial charge is 0.477 e. The number of hydrogen-bond donors (Lipinski definition) is 2. The molecule has 1 heterocycles. The number of carboxylic acids is 1. The first kappa shape index (κ1) is 22.7. The third kappa shape index (κ3) is 6.19. The standard InChI is InChI=1S/C20H24ClN3O5/c1-2-6-24-13-15(20(26)27)19(25)14-11-17(16(21)12-18(14)24)23-5-8-29-10-9-28-7-3-4-22/h11-13,23H,2-3,5-10H2,1H3,(H,26,27). The normalized spacial score (nSPS) is 10.8. The summed E-state index contributed by atoms with van der Waals surface area (Å²) in [6, 6.07) is 5.25. The van der Waals surface area contributed by atoms with Gasteiger partial charge in [-0.1, -0.05) is 18.5 Å². The Kier molecular flexibility index (Phi) is 8.93. The van der Waals surface area contributed by atoms with E-state index in [4.69, 9.17) is 26.3 Å². The molecule has 0 aliphatic heterocycles. The zero-order valence-corrected chi connectivity index (χ0v) is 17.0. The lowest BCUT2D eigenvalue weighted by Crippen LogP contribution is -2.19. The average molecular weight is 422 g/mol. The van der Waals surface area contributed by atoms with Crippen molar-refractivity contribution < 1.29 is 19.4 Å². The first-order valence-electron chi connectivity index (χ1n) is 9.35. The minimum absolute atomic E-state index is 0.265. The van der Waals surface area contributed by atoms with E-state index >= 15 is 0 Å². The van der Waals surface area contributed by atoms with Crippen molar-refractivity contribution in [3.8, 4) is 6.07 Å². The summed E-state index contributed by atoms with van der Waals surface area (Å²) in [6.07, 6.45) is 2.50. The Labute approximate surface area is 173 Å². The van der Waals surface area contributed by atoms with Crippen LogP contribution in [0.4, 0.5) is 5.69 Å². The van der Waals surface area contributed by atoms with Gasteiger partial charge in [-0.25, -0.2) is 4.79 Å². The molecule has 0 saturated heterocycles. The number of benzene rings is 1. The number of nitriles is 1. The van der Waals surface area contributed by atoms with Gasteiger partial charge in [0.15, 0.2) is 0 Å². The topological polar surface area (TPSA) is 114 Å². The number of hydrogen-bond acceptors (Lipinski definition) is 6. The van der Waals surface area contributed by atoms with Crippen LogP contribution in [0, 0.1) is 11.3 Å². The van der Waals surface area contributed by atoms with E-state index in [-0.39, 0.29) is 5.56 Å². The van der Waals surface area contributed by atoms with E-state index in [0.717, 1.165) is 6.42 Å². The van der Waals surface area contributed by atoms with Gasteiger partial charge < -0.3 is 24.5 Å². The van der Waals surface area contributed by atoms with Crippen molar-refractivity contribution in [1.29, 1.82) is 5.26 Å². The summed E-state index contributed by atoms with van der Waals surface area (Å²) < 4.78 is 12.4. The van der Waals surface area contributed by atoms with E-state index in [1.54, 1.807) is 16.7 Å². The number of ether oxygens (including phenoxy) is 2. The van der Waals surface area contributed by atoms with Crippen molar-refractivity contribution in [3.05, 3.63) is 39.1 Å². The highest BCUT2D eigenvalue weighted by atomic mass is 35.5. The molecule has 0 amide bonds. The molecule has 9 heteroatoms. The van der Waals surface area contributed by atoms with Crippen LogP contribution in [0.15, 0.2) is 23.1 Å². The summed E-state index contributed by atoms with van der Waals surface area (Å²) in [7, 11) is 0. The lowest BCUT2D eigenvalue weighted by atomic mass is 10.1. The molecule has 0 atom stereocenters. The second kappa shape index (κ2) is 11.4. The fourth-order valence-corrected chi connectivity index (χ4v) is 3.05. The lowest BCUT2D eigenvalue weighted by Gasteiger charge is -2.15. The second-order valence-electron chi connectivity index (χ2n) is 6.28. The van der Waals surface area contributed by atoms with Crippen LogP contribution in [0.3, 0.4) is 0 Å². The Morgan fingerprint density at radius 2 is 2.00 bits per heavy atom. The third-order valence-corrected chi connectivity index (χ3v) is 4.47. The van der Waals surface area contributed by atoms with Gasteiger partial charge in [0.05, 0.1) is 55.1 Å². The van der Waals surface area contributed by atoms with E-state index in [1.807, 2.05) is 13.0 Å². The number of nitrogens with one attached hydrogen (secondary N) is 1. The fourth-order valence-electron chi connectivity index (χ4n) is 2.82. The summed E-state index contributed by atoms with van der Waals surface area (Å²) in [5.41, 5.74) is 0.336. The number of rotatable bonds is 12. The van der Waals surface area contributed by atoms with Crippen LogP contribution < -0.4 is 10.7 Å². The quantitative estimate of drug-likeness (QED) is 0.506. The molecule has 0 bridgehead atoms. The molecular formula is C20H24ClN3O5. The van der Waals surface area contributed by atoms with Gasteiger partial charge >= 0.3 is 5.97 Å². The van der Waals surface area contributed by atoms with Gasteiger partial charge in [-0.3, -0.25) is 4.79 Å². The number of carboxylic acid groups (broad SMARTS) is 1. The molecule has 0 aliphatic carbocycles. The number of halogens is 1. The molecule has 156 valence electrons. The molecule has 0 radical (unpaired) electrons. The fraction of sp³-hybridized carbons (Fsp3) is 0.450. The van der Waals surface area contributed by atoms with Crippen LogP contribution >= 0.6 is 11.6 Å². The Morgan fingerprint density at radius 3 is 2.66 bits per heavy atom. The molecule has 1 aromatic carbocycles. The van der Waals surface area contributed by atoms with Crippen LogP contribution in [-0.4, -0.2) is 48.6 Å². The third-order valence-electron chi connectivity index (χ3n) is 4.16. The van der Waals surface area contributed by atoms with Gasteiger partial charge in [0.25, 0.3) is 0 Å². The van der Waals surface area contributed by atoms with Gasteiger partial charge in [-0.15, -0.1) is 0 Å². The molecule has 0 saturated carbocycles. The zero-order chi connectivity index (χ0) is 21.2. The van der Waals surface area contributed by atoms with E-state index in [2.05, 4.69) is 5.32 Å². The molecule has 0 unspecified atom stereocenters. The average Bonchev–Trinajstić information content (AvgIpc) is 2.69. The Hall–Kier alpha value is -2.60. The van der Waals surface area contributed by atoms with Gasteiger partial charge in [0.1, 0.15) is 5.56 Å². The minimum atomic E-state index is -1.25. The molecule has 2 aromatic rings. The van der Waals surface area contributed by atoms with Crippen molar-refractivity contribution in [2.75, 3.05) is 38.3 Å². The summed E-state index contributed by atoms with van der Waals surface area (Å²) in [6.45, 7) is 4.59. The minimum Gasteiger partial charge on any atom is -0.477 e. The lowest BCUT2D eigenvalue weighted by molar-refractivity contribution is 0.0538. The Bertz CT molecular complexity index is 952. The molecule has 29 heavy (non-hydrogen) atoms. The molecule has 2 N–H and O–H groups in total. The number of aryl methyl sites for hydroxylation is 1. The van der Waals surface area contributed by atoms with Gasteiger partial charge in [-0.2, -0.15) is 5.26 Å². The summed E-state index contributed by atoms with van der Waals surface area (Å²) in [5.74, 6) is -1.25. The number of carbonyl (C=O) groups is 1. The van der Waals surface area contributed by atoms with Crippen LogP contribution in [0.25, 0.3) is 10.9 Å². The molecule has 8 nitrogen and oxygen atoms in total. The summed E-state index contributed by atoms with van der Waals surface area (Å²) >= 11 is 6.36. The van der Waals surface area contributed by atoms with Crippen LogP contribution in [0.1, 0.15) is 30.1 Å². The van der Waals surface area contributed by atoms with Crippen molar-refractivity contribution in [3.63, 3.8) is 0 Å². The molecule has 0 fully saturated rings. The predicted molar refractivity (Wildman–Crippen MR) is 111 cm³/mol. The SMILES string of the molecule is CCCn1cc(C(=O)O)c(=O)c2cc(NCCOCCOCCC#N)c(Cl)cc21. The van der Waals surface area contributed by atoms with Crippen molar-refractivity contribution in [2.24, 2.45) is 0 Å². The number of anilines is 1. The molecule has 1 aromatic heterocycles. The smallest absolute Gasteiger partial charge is 0.341 e. The highest BCUT2D eigenvalue weighted by molar-refractivity contribution is 6.34. The summed E-state index contributed by atoms with van der Waals surface area (Å²) in [4.78, 5) is 24.0. The first-order valence-corrected chi connectivity index (χ1v) is 9.73. The first-order chi connectivity index (χ1) is 14.0. The van der Waals surface area contributed by atoms with Crippen LogP contribution in [0.2, 0.25) is 5.02 Å². The van der Waals surface area contributed by atoms with Crippen molar-refractivity contribution in [2.45, 2.75) is 26.3 Å². The maximum atomic E-state index is 12.6. The van der Waals surface area contributed by atoms with E-state index < -0.39 is 11.4 Å². The van der Waals surface area contributed by atoms with Crippen molar-refractivity contribution in [1.82, 2.24) is 4.57 Å². The van der Waals surface area contributed by atoms with E-state index in [9.17, 15) is 14.7 Å². The van der Waals surface area contributed by atoms with Gasteiger partial charge in [-0.05, 0) is 18.6 Å². The highest BCUT2D eigenvalue weighted by Gasteiger charge is 2.16. The number of nitrogens with zero attached hydrogens (tertiary/aromatic N) is 2. The Balaban J connectivity index is 2.08. The maximum Gasteiger partial charge on any atom is 0.341 e. The number of fused-ring (bicyclic) bond motifs is 1. The number of pyridine rings is 1. The van der Waals surface area contributed by atoms with Crippen LogP contribution in [0.5, 0.6) is 0 Å². The molecule has 2 rings (SSSR count). The van der Waals surface area contributed by atoms with Crippen molar-refractivity contribution >= 4 is 34.2 Å². The maximum absolute atomic E-state index is 12.6. The Morgan fingerprint density at radius 1 is 1.28 bits per heavy atom. The zero-order valence-electron chi connectivity index (χ0n) is 16.2. The molecular weight excluding hydrogens is 398 g/mol. The highest BCUT2D eigenvalue weighted by Crippen LogP contribution is 2.27. The number of aromatic nitrogens is 1. The van der Waals surface area contributed by atoms with Gasteiger partial charge in [0.2, 0.25) is 5.43 Å². The molecule has 0 spiro atoms. The summed E-state index contributed by atoms with van der Waals surface area (Å²) in [5, 5.41) is 21.6. The number of aromatic carboxylic acids is 1. The van der Waals surface area contributed by atoms with E-state index in [1.165, 1.54) is 6.20 Å². The monoisotopic (exact) mass is 421 g/mol. The van der Waals surface area contributed by atoms with Crippen LogP contribution in [-0.2, 0) is 16.0 Å².